The summed E-state index contributed by atoms with van der Waals surface area (Å²) in [6.45, 7) is 2.13. The van der Waals surface area contributed by atoms with Crippen LogP contribution in [0.2, 0.25) is 0 Å². The van der Waals surface area contributed by atoms with E-state index in [1.807, 2.05) is 37.4 Å². The molecule has 0 aromatic heterocycles. The lowest BCUT2D eigenvalue weighted by molar-refractivity contribution is 0.0697. The maximum Gasteiger partial charge on any atom is 0.335 e. The van der Waals surface area contributed by atoms with Gasteiger partial charge in [0, 0.05) is 13.1 Å². The second kappa shape index (κ2) is 9.72. The van der Waals surface area contributed by atoms with E-state index < -0.39 is 5.97 Å². The topological polar surface area (TPSA) is 49.8 Å². The second-order valence-electron chi connectivity index (χ2n) is 6.89. The first-order valence-electron chi connectivity index (χ1n) is 9.36. The summed E-state index contributed by atoms with van der Waals surface area (Å²) >= 11 is 0. The Kier molecular flexibility index (Phi) is 6.82. The van der Waals surface area contributed by atoms with Gasteiger partial charge in [-0.15, -0.1) is 0 Å². The smallest absolute Gasteiger partial charge is 0.335 e. The van der Waals surface area contributed by atoms with Crippen molar-refractivity contribution in [1.29, 1.82) is 0 Å². The summed E-state index contributed by atoms with van der Waals surface area (Å²) in [7, 11) is 2.03. The van der Waals surface area contributed by atoms with Crippen LogP contribution in [0, 0.1) is 0 Å². The number of ether oxygens (including phenoxy) is 1. The van der Waals surface area contributed by atoms with Gasteiger partial charge < -0.3 is 9.84 Å². The summed E-state index contributed by atoms with van der Waals surface area (Å²) in [4.78, 5) is 13.0. The minimum Gasteiger partial charge on any atom is -0.492 e. The number of benzene rings is 3. The van der Waals surface area contributed by atoms with Gasteiger partial charge in [0.2, 0.25) is 0 Å². The summed E-state index contributed by atoms with van der Waals surface area (Å²) < 4.78 is 5.85. The van der Waals surface area contributed by atoms with Gasteiger partial charge in [-0.05, 0) is 54.4 Å². The molecule has 28 heavy (non-hydrogen) atoms. The molecule has 0 saturated carbocycles. The summed E-state index contributed by atoms with van der Waals surface area (Å²) in [6, 6.07) is 25.6. The first-order valence-corrected chi connectivity index (χ1v) is 9.36. The number of likely N-dealkylation sites (N-methyl/N-ethyl adjacent to an activating group) is 1. The summed E-state index contributed by atoms with van der Waals surface area (Å²) in [5, 5.41) is 8.95. The van der Waals surface area contributed by atoms with Crippen LogP contribution in [0.1, 0.15) is 27.0 Å². The monoisotopic (exact) mass is 375 g/mol. The van der Waals surface area contributed by atoms with Crippen LogP contribution < -0.4 is 4.74 Å². The average molecular weight is 375 g/mol. The van der Waals surface area contributed by atoms with Crippen LogP contribution in [0.25, 0.3) is 0 Å². The number of carbonyl (C=O) groups is 1. The van der Waals surface area contributed by atoms with E-state index in [0.29, 0.717) is 12.2 Å². The van der Waals surface area contributed by atoms with E-state index >= 15 is 0 Å². The van der Waals surface area contributed by atoms with Crippen LogP contribution in [0.5, 0.6) is 5.75 Å². The summed E-state index contributed by atoms with van der Waals surface area (Å²) in [6.07, 6.45) is 0.921. The zero-order valence-corrected chi connectivity index (χ0v) is 16.0. The summed E-state index contributed by atoms with van der Waals surface area (Å²) in [5.41, 5.74) is 3.96. The quantitative estimate of drug-likeness (QED) is 0.599. The van der Waals surface area contributed by atoms with Crippen molar-refractivity contribution in [2.75, 3.05) is 20.2 Å². The van der Waals surface area contributed by atoms with Crippen LogP contribution in [0.15, 0.2) is 78.9 Å². The number of nitrogens with zero attached hydrogens (tertiary/aromatic N) is 1. The molecule has 0 bridgehead atoms. The minimum atomic E-state index is -0.900. The van der Waals surface area contributed by atoms with Crippen molar-refractivity contribution in [1.82, 2.24) is 4.90 Å². The Labute approximate surface area is 166 Å². The van der Waals surface area contributed by atoms with E-state index in [4.69, 9.17) is 9.84 Å². The maximum absolute atomic E-state index is 10.9. The normalized spacial score (nSPS) is 10.8. The van der Waals surface area contributed by atoms with E-state index in [0.717, 1.165) is 30.8 Å². The predicted octanol–water partition coefficient (Wildman–Crippen LogP) is 4.49. The first kappa shape index (κ1) is 19.6. The predicted molar refractivity (Wildman–Crippen MR) is 111 cm³/mol. The lowest BCUT2D eigenvalue weighted by Crippen LogP contribution is -2.23. The van der Waals surface area contributed by atoms with Gasteiger partial charge in [-0.1, -0.05) is 54.6 Å². The van der Waals surface area contributed by atoms with E-state index in [9.17, 15) is 4.79 Å². The molecule has 0 saturated heterocycles. The number of hydrogen-bond acceptors (Lipinski definition) is 3. The van der Waals surface area contributed by atoms with Gasteiger partial charge in [0.05, 0.1) is 5.56 Å². The number of aromatic carboxylic acids is 1. The van der Waals surface area contributed by atoms with Crippen molar-refractivity contribution < 1.29 is 14.6 Å². The Morgan fingerprint density at radius 1 is 0.857 bits per heavy atom. The number of hydrogen-bond donors (Lipinski definition) is 1. The molecular weight excluding hydrogens is 350 g/mol. The Balaban J connectivity index is 1.42. The fourth-order valence-corrected chi connectivity index (χ4v) is 3.00. The molecule has 0 amide bonds. The lowest BCUT2D eigenvalue weighted by Gasteiger charge is -2.17. The van der Waals surface area contributed by atoms with Crippen LogP contribution in [0.4, 0.5) is 0 Å². The molecule has 0 atom stereocenters. The Morgan fingerprint density at radius 3 is 2.11 bits per heavy atom. The fraction of sp³-hybridized carbons (Fsp3) is 0.208. The molecule has 0 radical (unpaired) electrons. The third-order valence-corrected chi connectivity index (χ3v) is 4.57. The number of rotatable bonds is 9. The Morgan fingerprint density at radius 2 is 1.46 bits per heavy atom. The molecule has 0 aliphatic heterocycles. The molecule has 0 aliphatic rings. The van der Waals surface area contributed by atoms with Gasteiger partial charge in [-0.25, -0.2) is 4.79 Å². The standard InChI is InChI=1S/C24H25NO3/c1-25(18-21-7-11-22(12-8-21)24(26)27)15-16-28-23-13-9-20(10-14-23)17-19-5-3-2-4-6-19/h2-14H,15-18H2,1H3,(H,26,27). The van der Waals surface area contributed by atoms with Gasteiger partial charge in [0.25, 0.3) is 0 Å². The van der Waals surface area contributed by atoms with E-state index in [2.05, 4.69) is 41.3 Å². The molecule has 0 fully saturated rings. The SMILES string of the molecule is CN(CCOc1ccc(Cc2ccccc2)cc1)Cc1ccc(C(=O)O)cc1. The largest absolute Gasteiger partial charge is 0.492 e. The van der Waals surface area contributed by atoms with Crippen LogP contribution in [-0.4, -0.2) is 36.2 Å². The highest BCUT2D eigenvalue weighted by atomic mass is 16.5. The third-order valence-electron chi connectivity index (χ3n) is 4.57. The summed E-state index contributed by atoms with van der Waals surface area (Å²) in [5.74, 6) is -0.0286. The zero-order chi connectivity index (χ0) is 19.8. The van der Waals surface area contributed by atoms with Crippen molar-refractivity contribution in [3.05, 3.63) is 101 Å². The molecule has 0 spiro atoms. The number of carboxylic acids is 1. The molecule has 144 valence electrons. The van der Waals surface area contributed by atoms with Crippen molar-refractivity contribution in [3.63, 3.8) is 0 Å². The van der Waals surface area contributed by atoms with Crippen molar-refractivity contribution in [3.8, 4) is 5.75 Å². The van der Waals surface area contributed by atoms with E-state index in [1.54, 1.807) is 12.1 Å². The molecule has 3 rings (SSSR count). The third kappa shape index (κ3) is 5.96. The first-order chi connectivity index (χ1) is 13.6. The fourth-order valence-electron chi connectivity index (χ4n) is 3.00. The zero-order valence-electron chi connectivity index (χ0n) is 16.0. The minimum absolute atomic E-state index is 0.311. The lowest BCUT2D eigenvalue weighted by atomic mass is 10.1. The van der Waals surface area contributed by atoms with Gasteiger partial charge in [0.15, 0.2) is 0 Å². The molecule has 1 N–H and O–H groups in total. The van der Waals surface area contributed by atoms with Crippen LogP contribution in [0.3, 0.4) is 0 Å². The van der Waals surface area contributed by atoms with E-state index in [1.165, 1.54) is 11.1 Å². The highest BCUT2D eigenvalue weighted by Gasteiger charge is 2.05. The highest BCUT2D eigenvalue weighted by molar-refractivity contribution is 5.87. The molecule has 0 aliphatic carbocycles. The highest BCUT2D eigenvalue weighted by Crippen LogP contribution is 2.15. The van der Waals surface area contributed by atoms with E-state index in [-0.39, 0.29) is 0 Å². The van der Waals surface area contributed by atoms with Crippen LogP contribution >= 0.6 is 0 Å². The van der Waals surface area contributed by atoms with Crippen molar-refractivity contribution in [2.45, 2.75) is 13.0 Å². The van der Waals surface area contributed by atoms with Crippen LogP contribution in [-0.2, 0) is 13.0 Å². The molecule has 3 aromatic carbocycles. The Bertz CT molecular complexity index is 874. The van der Waals surface area contributed by atoms with Gasteiger partial charge in [-0.2, -0.15) is 0 Å². The molecule has 4 heteroatoms. The second-order valence-corrected chi connectivity index (χ2v) is 6.89. The molecule has 3 aromatic rings. The van der Waals surface area contributed by atoms with Crippen molar-refractivity contribution in [2.24, 2.45) is 0 Å². The molecule has 0 unspecified atom stereocenters. The molecular formula is C24H25NO3. The van der Waals surface area contributed by atoms with Gasteiger partial charge in [-0.3, -0.25) is 4.90 Å². The number of carboxylic acid groups (broad SMARTS) is 1. The van der Waals surface area contributed by atoms with Gasteiger partial charge in [0.1, 0.15) is 12.4 Å². The molecule has 4 nitrogen and oxygen atoms in total. The van der Waals surface area contributed by atoms with Gasteiger partial charge >= 0.3 is 5.97 Å². The van der Waals surface area contributed by atoms with Crippen molar-refractivity contribution >= 4 is 5.97 Å². The molecule has 0 heterocycles. The Hall–Kier alpha value is -3.11. The maximum atomic E-state index is 10.9. The average Bonchev–Trinajstić information content (AvgIpc) is 2.70.